The predicted molar refractivity (Wildman–Crippen MR) is 66.5 cm³/mol. The van der Waals surface area contributed by atoms with E-state index in [4.69, 9.17) is 4.74 Å². The van der Waals surface area contributed by atoms with Crippen molar-refractivity contribution in [3.63, 3.8) is 0 Å². The van der Waals surface area contributed by atoms with Gasteiger partial charge in [-0.05, 0) is 32.4 Å². The fraction of sp³-hybridized carbons (Fsp3) is 0.667. The Hall–Kier alpha value is -0.380. The second-order valence-electron chi connectivity index (χ2n) is 4.39. The van der Waals surface area contributed by atoms with E-state index in [2.05, 4.69) is 38.2 Å². The molecule has 0 aliphatic rings. The van der Waals surface area contributed by atoms with Crippen LogP contribution in [0, 0.1) is 0 Å². The number of aryl methyl sites for hydroxylation is 1. The van der Waals surface area contributed by atoms with E-state index >= 15 is 0 Å². The molecule has 1 N–H and O–H groups in total. The zero-order chi connectivity index (χ0) is 11.3. The molecule has 0 aliphatic heterocycles. The molecule has 0 unspecified atom stereocenters. The molecule has 1 aromatic rings. The monoisotopic (exact) mass is 227 g/mol. The molecular weight excluding hydrogens is 206 g/mol. The Kier molecular flexibility index (Phi) is 4.77. The largest absolute Gasteiger partial charge is 0.383 e. The quantitative estimate of drug-likeness (QED) is 0.807. The van der Waals surface area contributed by atoms with Crippen molar-refractivity contribution < 1.29 is 4.74 Å². The van der Waals surface area contributed by atoms with E-state index in [0.717, 1.165) is 19.6 Å². The van der Waals surface area contributed by atoms with E-state index in [0.29, 0.717) is 0 Å². The van der Waals surface area contributed by atoms with E-state index in [9.17, 15) is 0 Å². The molecule has 0 saturated heterocycles. The van der Waals surface area contributed by atoms with Crippen molar-refractivity contribution in [3.05, 3.63) is 21.9 Å². The molecule has 3 heteroatoms. The second-order valence-corrected chi connectivity index (χ2v) is 5.64. The lowest BCUT2D eigenvalue weighted by Gasteiger charge is -2.24. The van der Waals surface area contributed by atoms with Crippen LogP contribution in [0.2, 0.25) is 0 Å². The highest BCUT2D eigenvalue weighted by molar-refractivity contribution is 7.11. The molecule has 0 aromatic carbocycles. The molecule has 2 nitrogen and oxygen atoms in total. The van der Waals surface area contributed by atoms with E-state index < -0.39 is 0 Å². The van der Waals surface area contributed by atoms with Gasteiger partial charge in [-0.2, -0.15) is 0 Å². The first-order valence-electron chi connectivity index (χ1n) is 5.39. The number of thiophene rings is 1. The Morgan fingerprint density at radius 2 is 2.00 bits per heavy atom. The maximum atomic E-state index is 5.16. The van der Waals surface area contributed by atoms with Crippen molar-refractivity contribution in [3.8, 4) is 0 Å². The summed E-state index contributed by atoms with van der Waals surface area (Å²) >= 11 is 1.89. The van der Waals surface area contributed by atoms with Crippen molar-refractivity contribution in [2.24, 2.45) is 0 Å². The first kappa shape index (κ1) is 12.7. The minimum atomic E-state index is 0.0467. The van der Waals surface area contributed by atoms with Crippen LogP contribution in [-0.4, -0.2) is 19.3 Å². The lowest BCUT2D eigenvalue weighted by Crippen LogP contribution is -2.42. The average molecular weight is 227 g/mol. The van der Waals surface area contributed by atoms with Crippen molar-refractivity contribution >= 4 is 11.3 Å². The fourth-order valence-corrected chi connectivity index (χ4v) is 2.34. The number of methoxy groups -OCH3 is 1. The Morgan fingerprint density at radius 1 is 1.33 bits per heavy atom. The van der Waals surface area contributed by atoms with Crippen LogP contribution in [-0.2, 0) is 17.7 Å². The van der Waals surface area contributed by atoms with Gasteiger partial charge >= 0.3 is 0 Å². The molecule has 1 rings (SSSR count). The van der Waals surface area contributed by atoms with Crippen molar-refractivity contribution in [1.82, 2.24) is 5.32 Å². The Labute approximate surface area is 96.7 Å². The third-order valence-corrected chi connectivity index (χ3v) is 3.54. The van der Waals surface area contributed by atoms with Crippen molar-refractivity contribution in [2.45, 2.75) is 39.3 Å². The van der Waals surface area contributed by atoms with Crippen LogP contribution in [0.15, 0.2) is 12.1 Å². The highest BCUT2D eigenvalue weighted by Gasteiger charge is 2.16. The van der Waals surface area contributed by atoms with Gasteiger partial charge in [0.2, 0.25) is 0 Å². The molecule has 1 aromatic heterocycles. The molecule has 15 heavy (non-hydrogen) atoms. The van der Waals surface area contributed by atoms with E-state index in [1.807, 2.05) is 11.3 Å². The summed E-state index contributed by atoms with van der Waals surface area (Å²) in [5.41, 5.74) is 0.0467. The smallest absolute Gasteiger partial charge is 0.0639 e. The van der Waals surface area contributed by atoms with Crippen molar-refractivity contribution in [2.75, 3.05) is 13.7 Å². The van der Waals surface area contributed by atoms with Gasteiger partial charge in [0.05, 0.1) is 6.61 Å². The van der Waals surface area contributed by atoms with E-state index in [-0.39, 0.29) is 5.54 Å². The van der Waals surface area contributed by atoms with E-state index in [1.165, 1.54) is 9.75 Å². The van der Waals surface area contributed by atoms with Gasteiger partial charge in [0.25, 0.3) is 0 Å². The van der Waals surface area contributed by atoms with Gasteiger partial charge in [0.15, 0.2) is 0 Å². The number of rotatable bonds is 6. The van der Waals surface area contributed by atoms with Crippen LogP contribution in [0.25, 0.3) is 0 Å². The maximum Gasteiger partial charge on any atom is 0.0639 e. The zero-order valence-corrected chi connectivity index (χ0v) is 10.9. The van der Waals surface area contributed by atoms with Gasteiger partial charge in [0, 0.05) is 28.9 Å². The summed E-state index contributed by atoms with van der Waals surface area (Å²) < 4.78 is 5.16. The number of hydrogen-bond donors (Lipinski definition) is 1. The SMILES string of the molecule is CCc1ccc(CNC(C)(C)COC)s1. The van der Waals surface area contributed by atoms with Crippen LogP contribution in [0.5, 0.6) is 0 Å². The van der Waals surface area contributed by atoms with Gasteiger partial charge in [-0.15, -0.1) is 11.3 Å². The summed E-state index contributed by atoms with van der Waals surface area (Å²) in [7, 11) is 1.74. The Morgan fingerprint density at radius 3 is 2.53 bits per heavy atom. The highest BCUT2D eigenvalue weighted by Crippen LogP contribution is 2.17. The number of hydrogen-bond acceptors (Lipinski definition) is 3. The maximum absolute atomic E-state index is 5.16. The number of ether oxygens (including phenoxy) is 1. The summed E-state index contributed by atoms with van der Waals surface area (Å²) in [4.78, 5) is 2.85. The first-order valence-corrected chi connectivity index (χ1v) is 6.20. The summed E-state index contributed by atoms with van der Waals surface area (Å²) in [5.74, 6) is 0. The van der Waals surface area contributed by atoms with Crippen LogP contribution in [0.3, 0.4) is 0 Å². The molecule has 1 heterocycles. The van der Waals surface area contributed by atoms with Crippen LogP contribution in [0.4, 0.5) is 0 Å². The molecule has 0 amide bonds. The molecule has 0 bridgehead atoms. The summed E-state index contributed by atoms with van der Waals surface area (Å²) in [5, 5.41) is 3.50. The van der Waals surface area contributed by atoms with Gasteiger partial charge in [-0.1, -0.05) is 6.92 Å². The van der Waals surface area contributed by atoms with Crippen LogP contribution < -0.4 is 5.32 Å². The molecular formula is C12H21NOS. The molecule has 0 aliphatic carbocycles. The molecule has 0 spiro atoms. The van der Waals surface area contributed by atoms with Crippen molar-refractivity contribution in [1.29, 1.82) is 0 Å². The zero-order valence-electron chi connectivity index (χ0n) is 10.1. The molecule has 0 radical (unpaired) electrons. The Bertz CT molecular complexity index is 294. The molecule has 0 fully saturated rings. The first-order chi connectivity index (χ1) is 7.07. The standard InChI is InChI=1S/C12H21NOS/c1-5-10-6-7-11(15-10)8-13-12(2,3)9-14-4/h6-7,13H,5,8-9H2,1-4H3. The van der Waals surface area contributed by atoms with Crippen LogP contribution >= 0.6 is 11.3 Å². The van der Waals surface area contributed by atoms with Gasteiger partial charge in [-0.25, -0.2) is 0 Å². The molecule has 0 saturated carbocycles. The van der Waals surface area contributed by atoms with Gasteiger partial charge in [-0.3, -0.25) is 0 Å². The topological polar surface area (TPSA) is 21.3 Å². The van der Waals surface area contributed by atoms with Gasteiger partial charge < -0.3 is 10.1 Å². The lowest BCUT2D eigenvalue weighted by molar-refractivity contribution is 0.128. The highest BCUT2D eigenvalue weighted by atomic mass is 32.1. The molecule has 86 valence electrons. The second kappa shape index (κ2) is 5.64. The van der Waals surface area contributed by atoms with Gasteiger partial charge in [0.1, 0.15) is 0 Å². The normalized spacial score (nSPS) is 12.0. The average Bonchev–Trinajstić information content (AvgIpc) is 2.62. The third kappa shape index (κ3) is 4.33. The summed E-state index contributed by atoms with van der Waals surface area (Å²) in [6, 6.07) is 4.42. The minimum absolute atomic E-state index is 0.0467. The lowest BCUT2D eigenvalue weighted by atomic mass is 10.1. The minimum Gasteiger partial charge on any atom is -0.383 e. The third-order valence-electron chi connectivity index (χ3n) is 2.31. The predicted octanol–water partition coefficient (Wildman–Crippen LogP) is 2.83. The fourth-order valence-electron chi connectivity index (χ4n) is 1.45. The number of nitrogens with one attached hydrogen (secondary N) is 1. The van der Waals surface area contributed by atoms with E-state index in [1.54, 1.807) is 7.11 Å². The van der Waals surface area contributed by atoms with Crippen LogP contribution in [0.1, 0.15) is 30.5 Å². The molecule has 0 atom stereocenters. The summed E-state index contributed by atoms with van der Waals surface area (Å²) in [6.45, 7) is 8.17. The Balaban J connectivity index is 2.42. The summed E-state index contributed by atoms with van der Waals surface area (Å²) in [6.07, 6.45) is 1.13.